The molecule has 9 heteroatoms. The van der Waals surface area contributed by atoms with Crippen molar-refractivity contribution in [1.82, 2.24) is 5.32 Å². The van der Waals surface area contributed by atoms with Gasteiger partial charge in [-0.3, -0.25) is 9.59 Å². The second-order valence-electron chi connectivity index (χ2n) is 8.29. The maximum Gasteiger partial charge on any atom is 0.252 e. The number of phenols is 1. The number of hydrogen-bond donors (Lipinski definition) is 5. The molecular formula is C27H31N3O6. The van der Waals surface area contributed by atoms with Crippen LogP contribution in [0.4, 0.5) is 0 Å². The first-order valence-electron chi connectivity index (χ1n) is 11.5. The smallest absolute Gasteiger partial charge is 0.252 e. The number of nitrogens with one attached hydrogen (secondary N) is 1. The largest absolute Gasteiger partial charge is 0.507 e. The van der Waals surface area contributed by atoms with Crippen LogP contribution in [0.25, 0.3) is 0 Å². The maximum absolute atomic E-state index is 11.4. The van der Waals surface area contributed by atoms with Crippen molar-refractivity contribution < 1.29 is 29.3 Å². The minimum atomic E-state index is -0.722. The van der Waals surface area contributed by atoms with E-state index >= 15 is 0 Å². The van der Waals surface area contributed by atoms with Gasteiger partial charge >= 0.3 is 0 Å². The van der Waals surface area contributed by atoms with Crippen LogP contribution in [-0.2, 0) is 24.2 Å². The van der Waals surface area contributed by atoms with Gasteiger partial charge in [0.2, 0.25) is 5.91 Å². The molecule has 0 heterocycles. The van der Waals surface area contributed by atoms with Crippen LogP contribution in [0.3, 0.4) is 0 Å². The monoisotopic (exact) mass is 493 g/mol. The van der Waals surface area contributed by atoms with Gasteiger partial charge in [-0.15, -0.1) is 0 Å². The third-order valence-electron chi connectivity index (χ3n) is 5.43. The van der Waals surface area contributed by atoms with E-state index in [1.165, 1.54) is 12.1 Å². The highest BCUT2D eigenvalue weighted by molar-refractivity contribution is 5.95. The standard InChI is InChI=1S/C27H31N3O6/c28-26(33)13-18-5-7-22(8-6-18)36-17-21(31)16-30-15-20-4-2-1-3-19(20)11-12-35-23-9-10-25(32)24(14-23)27(29)34/h1-10,14,21,30-32H,11-13,15-17H2,(H2,28,33)(H2,29,34). The van der Waals surface area contributed by atoms with Gasteiger partial charge in [0.1, 0.15) is 30.0 Å². The molecule has 2 amide bonds. The van der Waals surface area contributed by atoms with Crippen molar-refractivity contribution in [2.24, 2.45) is 11.5 Å². The van der Waals surface area contributed by atoms with E-state index in [-0.39, 0.29) is 24.3 Å². The Morgan fingerprint density at radius 1 is 0.917 bits per heavy atom. The molecule has 0 aliphatic rings. The minimum Gasteiger partial charge on any atom is -0.507 e. The van der Waals surface area contributed by atoms with Crippen molar-refractivity contribution in [3.63, 3.8) is 0 Å². The van der Waals surface area contributed by atoms with Crippen LogP contribution in [0.2, 0.25) is 0 Å². The zero-order valence-electron chi connectivity index (χ0n) is 19.9. The second kappa shape index (κ2) is 13.1. The molecule has 0 aromatic heterocycles. The van der Waals surface area contributed by atoms with Crippen molar-refractivity contribution in [2.45, 2.75) is 25.5 Å². The fourth-order valence-corrected chi connectivity index (χ4v) is 3.58. The summed E-state index contributed by atoms with van der Waals surface area (Å²) in [5, 5.41) is 23.2. The number of carbonyl (C=O) groups excluding carboxylic acids is 2. The Bertz CT molecular complexity index is 1170. The molecule has 1 atom stereocenters. The van der Waals surface area contributed by atoms with Crippen molar-refractivity contribution in [1.29, 1.82) is 0 Å². The normalized spacial score (nSPS) is 11.6. The van der Waals surface area contributed by atoms with Gasteiger partial charge < -0.3 is 36.5 Å². The highest BCUT2D eigenvalue weighted by Gasteiger charge is 2.10. The molecule has 0 radical (unpaired) electrons. The zero-order chi connectivity index (χ0) is 25.9. The summed E-state index contributed by atoms with van der Waals surface area (Å²) in [5.74, 6) is -0.250. The first-order valence-corrected chi connectivity index (χ1v) is 11.5. The lowest BCUT2D eigenvalue weighted by Crippen LogP contribution is -2.31. The number of ether oxygens (including phenoxy) is 2. The van der Waals surface area contributed by atoms with E-state index in [0.717, 1.165) is 16.7 Å². The highest BCUT2D eigenvalue weighted by atomic mass is 16.5. The number of aliphatic hydroxyl groups excluding tert-OH is 1. The second-order valence-corrected chi connectivity index (χ2v) is 8.29. The third kappa shape index (κ3) is 8.30. The zero-order valence-corrected chi connectivity index (χ0v) is 19.9. The van der Waals surface area contributed by atoms with Gasteiger partial charge in [0.05, 0.1) is 18.6 Å². The number of primary amides is 2. The van der Waals surface area contributed by atoms with Gasteiger partial charge in [-0.1, -0.05) is 36.4 Å². The van der Waals surface area contributed by atoms with Crippen molar-refractivity contribution in [3.05, 3.63) is 89.0 Å². The Balaban J connectivity index is 1.42. The quantitative estimate of drug-likeness (QED) is 0.229. The van der Waals surface area contributed by atoms with Crippen LogP contribution >= 0.6 is 0 Å². The Kier molecular flexibility index (Phi) is 9.67. The third-order valence-corrected chi connectivity index (χ3v) is 5.43. The Labute approximate surface area is 209 Å². The molecule has 7 N–H and O–H groups in total. The molecule has 9 nitrogen and oxygen atoms in total. The minimum absolute atomic E-state index is 0.0136. The van der Waals surface area contributed by atoms with Gasteiger partial charge in [-0.05, 0) is 47.0 Å². The molecule has 0 fully saturated rings. The highest BCUT2D eigenvalue weighted by Crippen LogP contribution is 2.23. The molecule has 3 rings (SSSR count). The lowest BCUT2D eigenvalue weighted by molar-refractivity contribution is -0.117. The van der Waals surface area contributed by atoms with Gasteiger partial charge in [0, 0.05) is 19.5 Å². The van der Waals surface area contributed by atoms with Crippen LogP contribution in [-0.4, -0.2) is 47.9 Å². The number of carbonyl (C=O) groups is 2. The molecule has 0 saturated heterocycles. The lowest BCUT2D eigenvalue weighted by Gasteiger charge is -2.15. The summed E-state index contributed by atoms with van der Waals surface area (Å²) in [6.07, 6.45) is 0.0925. The van der Waals surface area contributed by atoms with Crippen molar-refractivity contribution in [3.8, 4) is 17.2 Å². The van der Waals surface area contributed by atoms with E-state index in [1.54, 1.807) is 30.3 Å². The van der Waals surface area contributed by atoms with Gasteiger partial charge in [-0.25, -0.2) is 0 Å². The van der Waals surface area contributed by atoms with E-state index in [1.807, 2.05) is 24.3 Å². The first kappa shape index (κ1) is 26.5. The molecule has 0 saturated carbocycles. The van der Waals surface area contributed by atoms with Crippen LogP contribution < -0.4 is 26.3 Å². The predicted molar refractivity (Wildman–Crippen MR) is 135 cm³/mol. The summed E-state index contributed by atoms with van der Waals surface area (Å²) in [5.41, 5.74) is 13.4. The Morgan fingerprint density at radius 2 is 1.61 bits per heavy atom. The average Bonchev–Trinajstić information content (AvgIpc) is 2.85. The molecule has 0 spiro atoms. The first-order chi connectivity index (χ1) is 17.3. The molecule has 1 unspecified atom stereocenters. The number of aliphatic hydroxyl groups is 1. The average molecular weight is 494 g/mol. The van der Waals surface area contributed by atoms with Crippen LogP contribution in [0.15, 0.2) is 66.7 Å². The Hall–Kier alpha value is -4.08. The Morgan fingerprint density at radius 3 is 2.31 bits per heavy atom. The SMILES string of the molecule is NC(=O)Cc1ccc(OCC(O)CNCc2ccccc2CCOc2ccc(O)c(C(N)=O)c2)cc1. The fraction of sp³-hybridized carbons (Fsp3) is 0.259. The van der Waals surface area contributed by atoms with E-state index < -0.39 is 17.9 Å². The summed E-state index contributed by atoms with van der Waals surface area (Å²) in [6, 6.07) is 19.3. The number of hydrogen-bond acceptors (Lipinski definition) is 7. The van der Waals surface area contributed by atoms with E-state index in [4.69, 9.17) is 20.9 Å². The van der Waals surface area contributed by atoms with Gasteiger partial charge in [-0.2, -0.15) is 0 Å². The molecule has 0 aliphatic carbocycles. The van der Waals surface area contributed by atoms with Crippen LogP contribution in [0, 0.1) is 0 Å². The van der Waals surface area contributed by atoms with Crippen molar-refractivity contribution >= 4 is 11.8 Å². The van der Waals surface area contributed by atoms with Gasteiger partial charge in [0.25, 0.3) is 5.91 Å². The van der Waals surface area contributed by atoms with Crippen molar-refractivity contribution in [2.75, 3.05) is 19.8 Å². The lowest BCUT2D eigenvalue weighted by atomic mass is 10.0. The summed E-state index contributed by atoms with van der Waals surface area (Å²) < 4.78 is 11.3. The van der Waals surface area contributed by atoms with E-state index in [0.29, 0.717) is 37.6 Å². The number of amides is 2. The predicted octanol–water partition coefficient (Wildman–Crippen LogP) is 1.67. The molecule has 3 aromatic rings. The molecule has 36 heavy (non-hydrogen) atoms. The molecule has 0 aliphatic heterocycles. The molecule has 3 aromatic carbocycles. The number of aromatic hydroxyl groups is 1. The topological polar surface area (TPSA) is 157 Å². The number of rotatable bonds is 14. The van der Waals surface area contributed by atoms with Crippen LogP contribution in [0.5, 0.6) is 17.2 Å². The molecule has 0 bridgehead atoms. The molecular weight excluding hydrogens is 462 g/mol. The summed E-state index contributed by atoms with van der Waals surface area (Å²) in [6.45, 7) is 1.39. The summed E-state index contributed by atoms with van der Waals surface area (Å²) >= 11 is 0. The number of nitrogens with two attached hydrogens (primary N) is 2. The van der Waals surface area contributed by atoms with E-state index in [2.05, 4.69) is 5.32 Å². The summed E-state index contributed by atoms with van der Waals surface area (Å²) in [7, 11) is 0. The summed E-state index contributed by atoms with van der Waals surface area (Å²) in [4.78, 5) is 22.3. The fourth-order valence-electron chi connectivity index (χ4n) is 3.58. The van der Waals surface area contributed by atoms with Gasteiger partial charge in [0.15, 0.2) is 0 Å². The number of benzene rings is 3. The molecule has 190 valence electrons. The van der Waals surface area contributed by atoms with E-state index in [9.17, 15) is 19.8 Å². The van der Waals surface area contributed by atoms with Crippen LogP contribution in [0.1, 0.15) is 27.0 Å². The maximum atomic E-state index is 11.4.